The molecule has 6 heteroatoms. The number of carbonyl (C=O) groups excluding carboxylic acids is 2. The summed E-state index contributed by atoms with van der Waals surface area (Å²) in [7, 11) is 0. The first-order chi connectivity index (χ1) is 13.9. The van der Waals surface area contributed by atoms with Crippen LogP contribution in [0.15, 0.2) is 54.7 Å². The molecule has 0 radical (unpaired) electrons. The van der Waals surface area contributed by atoms with Crippen molar-refractivity contribution < 1.29 is 14.3 Å². The van der Waals surface area contributed by atoms with Gasteiger partial charge in [0.15, 0.2) is 0 Å². The van der Waals surface area contributed by atoms with E-state index in [1.165, 1.54) is 0 Å². The van der Waals surface area contributed by atoms with Gasteiger partial charge in [0, 0.05) is 5.69 Å². The molecular weight excluding hydrogens is 366 g/mol. The Hall–Kier alpha value is -3.41. The van der Waals surface area contributed by atoms with Gasteiger partial charge in [-0.05, 0) is 50.1 Å². The Bertz CT molecular complexity index is 1020. The van der Waals surface area contributed by atoms with Crippen LogP contribution in [-0.2, 0) is 4.74 Å². The van der Waals surface area contributed by atoms with Crippen molar-refractivity contribution in [3.8, 4) is 5.69 Å². The smallest absolute Gasteiger partial charge is 0.338 e. The zero-order valence-electron chi connectivity index (χ0n) is 17.1. The molecule has 1 N–H and O–H groups in total. The number of amides is 1. The van der Waals surface area contributed by atoms with Crippen LogP contribution in [0.1, 0.15) is 58.7 Å². The average Bonchev–Trinajstić information content (AvgIpc) is 3.14. The lowest BCUT2D eigenvalue weighted by molar-refractivity contribution is 0.0526. The van der Waals surface area contributed by atoms with E-state index >= 15 is 0 Å². The van der Waals surface area contributed by atoms with Crippen molar-refractivity contribution in [1.29, 1.82) is 0 Å². The average molecular weight is 391 g/mol. The molecule has 0 fully saturated rings. The highest BCUT2D eigenvalue weighted by Gasteiger charge is 2.21. The molecule has 3 aromatic rings. The molecule has 0 bridgehead atoms. The molecule has 1 aromatic heterocycles. The minimum absolute atomic E-state index is 0.0884. The first kappa shape index (κ1) is 20.3. The number of hydrogen-bond donors (Lipinski definition) is 1. The fourth-order valence-electron chi connectivity index (χ4n) is 3.12. The number of nitrogens with zero attached hydrogens (tertiary/aromatic N) is 2. The van der Waals surface area contributed by atoms with E-state index in [1.807, 2.05) is 45.0 Å². The normalized spacial score (nSPS) is 10.8. The summed E-state index contributed by atoms with van der Waals surface area (Å²) in [6, 6.07) is 14.7. The highest BCUT2D eigenvalue weighted by molar-refractivity contribution is 6.05. The molecule has 0 spiro atoms. The predicted molar refractivity (Wildman–Crippen MR) is 113 cm³/mol. The third-order valence-electron chi connectivity index (χ3n) is 4.51. The fourth-order valence-corrected chi connectivity index (χ4v) is 3.12. The fraction of sp³-hybridized carbons (Fsp3) is 0.261. The molecule has 1 heterocycles. The molecule has 0 atom stereocenters. The summed E-state index contributed by atoms with van der Waals surface area (Å²) in [5, 5.41) is 7.32. The monoisotopic (exact) mass is 391 g/mol. The lowest BCUT2D eigenvalue weighted by Crippen LogP contribution is -2.16. The van der Waals surface area contributed by atoms with Crippen LogP contribution in [0.2, 0.25) is 0 Å². The summed E-state index contributed by atoms with van der Waals surface area (Å²) >= 11 is 0. The van der Waals surface area contributed by atoms with Crippen LogP contribution in [0.4, 0.5) is 5.69 Å². The number of hydrogen-bond acceptors (Lipinski definition) is 4. The van der Waals surface area contributed by atoms with Crippen molar-refractivity contribution >= 4 is 17.6 Å². The maximum Gasteiger partial charge on any atom is 0.338 e. The van der Waals surface area contributed by atoms with Gasteiger partial charge in [0.25, 0.3) is 5.91 Å². The Morgan fingerprint density at radius 2 is 1.86 bits per heavy atom. The molecule has 0 saturated carbocycles. The van der Waals surface area contributed by atoms with E-state index in [0.29, 0.717) is 23.4 Å². The Morgan fingerprint density at radius 3 is 2.52 bits per heavy atom. The van der Waals surface area contributed by atoms with Gasteiger partial charge in [-0.2, -0.15) is 5.10 Å². The molecule has 0 saturated heterocycles. The Kier molecular flexibility index (Phi) is 6.12. The van der Waals surface area contributed by atoms with E-state index in [-0.39, 0.29) is 11.8 Å². The first-order valence-electron chi connectivity index (χ1n) is 9.64. The highest BCUT2D eigenvalue weighted by Crippen LogP contribution is 2.24. The van der Waals surface area contributed by atoms with E-state index in [9.17, 15) is 9.59 Å². The first-order valence-corrected chi connectivity index (χ1v) is 9.64. The van der Waals surface area contributed by atoms with Crippen LogP contribution < -0.4 is 5.32 Å². The second kappa shape index (κ2) is 8.73. The molecule has 1 amide bonds. The minimum atomic E-state index is -0.418. The van der Waals surface area contributed by atoms with Gasteiger partial charge in [0.2, 0.25) is 0 Å². The predicted octanol–water partition coefficient (Wildman–Crippen LogP) is 4.73. The van der Waals surface area contributed by atoms with Crippen molar-refractivity contribution in [1.82, 2.24) is 9.78 Å². The molecular formula is C23H25N3O3. The molecule has 0 aliphatic rings. The Balaban J connectivity index is 1.89. The van der Waals surface area contributed by atoms with Gasteiger partial charge in [-0.15, -0.1) is 0 Å². The van der Waals surface area contributed by atoms with Crippen molar-refractivity contribution in [3.05, 3.63) is 77.1 Å². The van der Waals surface area contributed by atoms with Gasteiger partial charge >= 0.3 is 5.97 Å². The second-order valence-corrected chi connectivity index (χ2v) is 7.10. The number of benzene rings is 2. The maximum atomic E-state index is 13.0. The molecule has 0 unspecified atom stereocenters. The molecule has 2 aromatic carbocycles. The van der Waals surface area contributed by atoms with Crippen LogP contribution in [0.3, 0.4) is 0 Å². The third-order valence-corrected chi connectivity index (χ3v) is 4.51. The number of nitrogens with one attached hydrogen (secondary N) is 1. The summed E-state index contributed by atoms with van der Waals surface area (Å²) in [6.07, 6.45) is 1.58. The third kappa shape index (κ3) is 4.54. The molecule has 0 aliphatic heterocycles. The van der Waals surface area contributed by atoms with E-state index in [2.05, 4.69) is 10.4 Å². The van der Waals surface area contributed by atoms with E-state index in [4.69, 9.17) is 4.74 Å². The lowest BCUT2D eigenvalue weighted by atomic mass is 10.0. The minimum Gasteiger partial charge on any atom is -0.462 e. The van der Waals surface area contributed by atoms with Crippen LogP contribution in [0.5, 0.6) is 0 Å². The lowest BCUT2D eigenvalue weighted by Gasteiger charge is -2.13. The maximum absolute atomic E-state index is 13.0. The number of esters is 1. The number of aromatic nitrogens is 2. The molecule has 29 heavy (non-hydrogen) atoms. The molecule has 3 rings (SSSR count). The molecule has 0 aliphatic carbocycles. The zero-order chi connectivity index (χ0) is 21.0. The van der Waals surface area contributed by atoms with Crippen molar-refractivity contribution in [2.45, 2.75) is 33.6 Å². The largest absolute Gasteiger partial charge is 0.462 e. The quantitative estimate of drug-likeness (QED) is 0.616. The second-order valence-electron chi connectivity index (χ2n) is 7.10. The SMILES string of the molecule is CCOC(=O)c1cccc(NC(=O)c2cnn(-c3ccc(C)cc3)c2C(C)C)c1. The van der Waals surface area contributed by atoms with Crippen molar-refractivity contribution in [3.63, 3.8) is 0 Å². The summed E-state index contributed by atoms with van der Waals surface area (Å²) in [5.74, 6) is -0.600. The van der Waals surface area contributed by atoms with Crippen LogP contribution in [0, 0.1) is 6.92 Å². The van der Waals surface area contributed by atoms with Gasteiger partial charge in [0.05, 0.1) is 35.3 Å². The number of rotatable bonds is 6. The van der Waals surface area contributed by atoms with E-state index < -0.39 is 5.97 Å². The molecule has 150 valence electrons. The summed E-state index contributed by atoms with van der Waals surface area (Å²) < 4.78 is 6.82. The van der Waals surface area contributed by atoms with Gasteiger partial charge in [0.1, 0.15) is 0 Å². The van der Waals surface area contributed by atoms with E-state index in [0.717, 1.165) is 16.9 Å². The Morgan fingerprint density at radius 1 is 1.14 bits per heavy atom. The van der Waals surface area contributed by atoms with Crippen LogP contribution >= 0.6 is 0 Å². The van der Waals surface area contributed by atoms with Crippen LogP contribution in [0.25, 0.3) is 5.69 Å². The number of ether oxygens (including phenoxy) is 1. The number of aryl methyl sites for hydroxylation is 1. The summed E-state index contributed by atoms with van der Waals surface area (Å²) in [4.78, 5) is 24.9. The standard InChI is InChI=1S/C23H25N3O3/c1-5-29-23(28)17-7-6-8-18(13-17)25-22(27)20-14-24-26(21(20)15(2)3)19-11-9-16(4)10-12-19/h6-15H,5H2,1-4H3,(H,25,27). The van der Waals surface area contributed by atoms with Crippen molar-refractivity contribution in [2.75, 3.05) is 11.9 Å². The molecule has 6 nitrogen and oxygen atoms in total. The van der Waals surface area contributed by atoms with Gasteiger partial charge < -0.3 is 10.1 Å². The Labute approximate surface area is 170 Å². The van der Waals surface area contributed by atoms with Crippen molar-refractivity contribution in [2.24, 2.45) is 0 Å². The topological polar surface area (TPSA) is 73.2 Å². The van der Waals surface area contributed by atoms with Gasteiger partial charge in [-0.1, -0.05) is 37.6 Å². The highest BCUT2D eigenvalue weighted by atomic mass is 16.5. The van der Waals surface area contributed by atoms with E-state index in [1.54, 1.807) is 42.1 Å². The van der Waals surface area contributed by atoms with Gasteiger partial charge in [-0.3, -0.25) is 4.79 Å². The number of anilines is 1. The van der Waals surface area contributed by atoms with Crippen LogP contribution in [-0.4, -0.2) is 28.3 Å². The summed E-state index contributed by atoms with van der Waals surface area (Å²) in [5.41, 5.74) is 4.31. The number of carbonyl (C=O) groups is 2. The summed E-state index contributed by atoms with van der Waals surface area (Å²) in [6.45, 7) is 8.13. The van der Waals surface area contributed by atoms with Gasteiger partial charge in [-0.25, -0.2) is 9.48 Å². The zero-order valence-corrected chi connectivity index (χ0v) is 17.1.